The highest BCUT2D eigenvalue weighted by Gasteiger charge is 2.32. The van der Waals surface area contributed by atoms with Crippen molar-refractivity contribution < 1.29 is 27.2 Å². The van der Waals surface area contributed by atoms with Crippen LogP contribution in [0.5, 0.6) is 0 Å². The first-order valence-electron chi connectivity index (χ1n) is 9.01. The van der Waals surface area contributed by atoms with Gasteiger partial charge in [-0.05, 0) is 36.4 Å². The van der Waals surface area contributed by atoms with Gasteiger partial charge in [0.2, 0.25) is 0 Å². The zero-order valence-electron chi connectivity index (χ0n) is 16.3. The molecule has 0 aliphatic rings. The fraction of sp³-hybridized carbons (Fsp3) is 0.0952. The van der Waals surface area contributed by atoms with E-state index in [2.05, 4.69) is 20.9 Å². The molecule has 3 aromatic rings. The first-order chi connectivity index (χ1) is 15.1. The van der Waals surface area contributed by atoms with E-state index in [-0.39, 0.29) is 23.1 Å². The van der Waals surface area contributed by atoms with Crippen molar-refractivity contribution in [3.8, 4) is 0 Å². The molecular formula is C21H15ClF4N4O2. The molecule has 2 aromatic carbocycles. The number of aromatic nitrogens is 1. The molecule has 6 nitrogen and oxygen atoms in total. The third-order valence-corrected chi connectivity index (χ3v) is 4.57. The minimum atomic E-state index is -4.84. The van der Waals surface area contributed by atoms with Crippen molar-refractivity contribution >= 4 is 40.6 Å². The highest BCUT2D eigenvalue weighted by Crippen LogP contribution is 2.32. The quantitative estimate of drug-likeness (QED) is 0.449. The van der Waals surface area contributed by atoms with Gasteiger partial charge < -0.3 is 16.0 Å². The fourth-order valence-electron chi connectivity index (χ4n) is 2.70. The summed E-state index contributed by atoms with van der Waals surface area (Å²) < 4.78 is 52.7. The lowest BCUT2D eigenvalue weighted by Gasteiger charge is -2.15. The molecule has 0 radical (unpaired) electrons. The highest BCUT2D eigenvalue weighted by atomic mass is 35.5. The molecule has 0 spiro atoms. The number of pyridine rings is 1. The second-order valence-corrected chi connectivity index (χ2v) is 6.89. The third-order valence-electron chi connectivity index (χ3n) is 4.24. The Morgan fingerprint density at radius 1 is 0.969 bits per heavy atom. The summed E-state index contributed by atoms with van der Waals surface area (Å²) in [4.78, 5) is 28.7. The minimum absolute atomic E-state index is 0.0335. The molecule has 0 bridgehead atoms. The Balaban J connectivity index is 2.00. The van der Waals surface area contributed by atoms with Gasteiger partial charge in [-0.2, -0.15) is 13.2 Å². The minimum Gasteiger partial charge on any atom is -0.355 e. The van der Waals surface area contributed by atoms with E-state index in [0.717, 1.165) is 0 Å². The monoisotopic (exact) mass is 466 g/mol. The molecule has 11 heteroatoms. The molecule has 0 aliphatic heterocycles. The van der Waals surface area contributed by atoms with Crippen molar-refractivity contribution in [3.63, 3.8) is 0 Å². The zero-order valence-corrected chi connectivity index (χ0v) is 17.1. The Labute approximate surface area is 184 Å². The molecular weight excluding hydrogens is 452 g/mol. The largest absolute Gasteiger partial charge is 0.416 e. The van der Waals surface area contributed by atoms with Crippen LogP contribution in [0, 0.1) is 5.82 Å². The SMILES string of the molecule is CNC(=O)c1cnc(Nc2ccccc2Cl)c(NC(=O)c2cc(F)cc(C(F)(F)F)c2)c1. The van der Waals surface area contributed by atoms with Crippen LogP contribution in [-0.4, -0.2) is 23.8 Å². The number of rotatable bonds is 5. The lowest BCUT2D eigenvalue weighted by atomic mass is 10.1. The fourth-order valence-corrected chi connectivity index (χ4v) is 2.88. The molecule has 166 valence electrons. The van der Waals surface area contributed by atoms with Gasteiger partial charge in [0, 0.05) is 18.8 Å². The first-order valence-corrected chi connectivity index (χ1v) is 9.39. The van der Waals surface area contributed by atoms with Gasteiger partial charge in [0.05, 0.1) is 27.5 Å². The topological polar surface area (TPSA) is 83.1 Å². The Kier molecular flexibility index (Phi) is 6.64. The van der Waals surface area contributed by atoms with Crippen LogP contribution in [0.15, 0.2) is 54.7 Å². The highest BCUT2D eigenvalue weighted by molar-refractivity contribution is 6.33. The third kappa shape index (κ3) is 5.33. The van der Waals surface area contributed by atoms with Gasteiger partial charge in [0.25, 0.3) is 11.8 Å². The van der Waals surface area contributed by atoms with Crippen LogP contribution in [0.3, 0.4) is 0 Å². The van der Waals surface area contributed by atoms with Gasteiger partial charge in [0.1, 0.15) is 5.82 Å². The van der Waals surface area contributed by atoms with Crippen LogP contribution in [0.1, 0.15) is 26.3 Å². The number of benzene rings is 2. The normalized spacial score (nSPS) is 11.1. The zero-order chi connectivity index (χ0) is 23.5. The number of anilines is 3. The van der Waals surface area contributed by atoms with Crippen molar-refractivity contribution in [2.45, 2.75) is 6.18 Å². The van der Waals surface area contributed by atoms with Gasteiger partial charge in [-0.3, -0.25) is 9.59 Å². The van der Waals surface area contributed by atoms with Crippen molar-refractivity contribution in [3.05, 3.63) is 82.3 Å². The number of para-hydroxylation sites is 1. The van der Waals surface area contributed by atoms with Gasteiger partial charge in [0.15, 0.2) is 5.82 Å². The Morgan fingerprint density at radius 2 is 1.69 bits per heavy atom. The van der Waals surface area contributed by atoms with Crippen molar-refractivity contribution in [2.24, 2.45) is 0 Å². The Bertz CT molecular complexity index is 1180. The smallest absolute Gasteiger partial charge is 0.355 e. The number of hydrogen-bond donors (Lipinski definition) is 3. The van der Waals surface area contributed by atoms with E-state index in [1.54, 1.807) is 24.3 Å². The summed E-state index contributed by atoms with van der Waals surface area (Å²) in [5.41, 5.74) is -1.41. The molecule has 0 fully saturated rings. The van der Waals surface area contributed by atoms with E-state index in [4.69, 9.17) is 11.6 Å². The van der Waals surface area contributed by atoms with E-state index in [1.807, 2.05) is 0 Å². The van der Waals surface area contributed by atoms with Crippen LogP contribution in [-0.2, 0) is 6.18 Å². The molecule has 3 N–H and O–H groups in total. The Morgan fingerprint density at radius 3 is 2.34 bits per heavy atom. The van der Waals surface area contributed by atoms with Crippen LogP contribution in [0.2, 0.25) is 5.02 Å². The van der Waals surface area contributed by atoms with E-state index >= 15 is 0 Å². The second kappa shape index (κ2) is 9.23. The number of amides is 2. The van der Waals surface area contributed by atoms with Crippen molar-refractivity contribution in [2.75, 3.05) is 17.7 Å². The van der Waals surface area contributed by atoms with Gasteiger partial charge in [-0.1, -0.05) is 23.7 Å². The molecule has 0 saturated carbocycles. The summed E-state index contributed by atoms with van der Waals surface area (Å²) in [5, 5.41) is 7.99. The number of halogens is 5. The predicted octanol–water partition coefficient (Wildman–Crippen LogP) is 5.25. The number of hydrogen-bond acceptors (Lipinski definition) is 4. The molecule has 32 heavy (non-hydrogen) atoms. The van der Waals surface area contributed by atoms with E-state index in [0.29, 0.717) is 22.8 Å². The molecule has 3 rings (SSSR count). The van der Waals surface area contributed by atoms with E-state index < -0.39 is 34.9 Å². The van der Waals surface area contributed by atoms with Crippen LogP contribution in [0.4, 0.5) is 34.8 Å². The number of nitrogens with zero attached hydrogens (tertiary/aromatic N) is 1. The van der Waals surface area contributed by atoms with Crippen LogP contribution >= 0.6 is 11.6 Å². The maximum absolute atomic E-state index is 13.7. The van der Waals surface area contributed by atoms with Gasteiger partial charge >= 0.3 is 6.18 Å². The number of alkyl halides is 3. The van der Waals surface area contributed by atoms with E-state index in [9.17, 15) is 27.2 Å². The van der Waals surface area contributed by atoms with Crippen molar-refractivity contribution in [1.82, 2.24) is 10.3 Å². The molecule has 0 aliphatic carbocycles. The van der Waals surface area contributed by atoms with Crippen molar-refractivity contribution in [1.29, 1.82) is 0 Å². The summed E-state index contributed by atoms with van der Waals surface area (Å²) in [7, 11) is 1.39. The summed E-state index contributed by atoms with van der Waals surface area (Å²) in [6.45, 7) is 0. The molecule has 0 unspecified atom stereocenters. The molecule has 1 aromatic heterocycles. The summed E-state index contributed by atoms with van der Waals surface area (Å²) in [5.74, 6) is -2.71. The Hall–Kier alpha value is -3.66. The summed E-state index contributed by atoms with van der Waals surface area (Å²) in [6, 6.07) is 9.37. The van der Waals surface area contributed by atoms with Crippen LogP contribution in [0.25, 0.3) is 0 Å². The predicted molar refractivity (Wildman–Crippen MR) is 112 cm³/mol. The number of carbonyl (C=O) groups excluding carboxylic acids is 2. The lowest BCUT2D eigenvalue weighted by Crippen LogP contribution is -2.20. The maximum Gasteiger partial charge on any atom is 0.416 e. The number of nitrogens with one attached hydrogen (secondary N) is 3. The average Bonchev–Trinajstić information content (AvgIpc) is 2.74. The maximum atomic E-state index is 13.7. The second-order valence-electron chi connectivity index (χ2n) is 6.48. The first kappa shape index (κ1) is 23.0. The molecule has 1 heterocycles. The van der Waals surface area contributed by atoms with Crippen LogP contribution < -0.4 is 16.0 Å². The average molecular weight is 467 g/mol. The standard InChI is InChI=1S/C21H15ClF4N4O2/c1-27-19(31)12-8-17(18(28-10-12)29-16-5-3-2-4-15(16)22)30-20(32)11-6-13(21(24,25)26)9-14(23)7-11/h2-10H,1H3,(H,27,31)(H,28,29)(H,30,32). The lowest BCUT2D eigenvalue weighted by molar-refractivity contribution is -0.137. The number of carbonyl (C=O) groups is 2. The van der Waals surface area contributed by atoms with Gasteiger partial charge in [-0.15, -0.1) is 0 Å². The van der Waals surface area contributed by atoms with Gasteiger partial charge in [-0.25, -0.2) is 9.37 Å². The summed E-state index contributed by atoms with van der Waals surface area (Å²) in [6.07, 6.45) is -3.60. The summed E-state index contributed by atoms with van der Waals surface area (Å²) >= 11 is 6.12. The van der Waals surface area contributed by atoms with E-state index in [1.165, 1.54) is 19.3 Å². The molecule has 0 atom stereocenters. The molecule has 0 saturated heterocycles. The molecule has 2 amide bonds.